The van der Waals surface area contributed by atoms with E-state index < -0.39 is 12.0 Å². The lowest BCUT2D eigenvalue weighted by Gasteiger charge is -2.33. The molecule has 1 aliphatic heterocycles. The zero-order valence-corrected chi connectivity index (χ0v) is 17.6. The number of para-hydroxylation sites is 2. The number of hydrogen-bond acceptors (Lipinski definition) is 6. The van der Waals surface area contributed by atoms with Crippen molar-refractivity contribution in [1.29, 1.82) is 0 Å². The molecule has 0 bridgehead atoms. The molecule has 2 aromatic carbocycles. The number of fused-ring (bicyclic) bond motifs is 2. The molecule has 1 atom stereocenters. The summed E-state index contributed by atoms with van der Waals surface area (Å²) in [7, 11) is 0. The molecule has 160 valence electrons. The summed E-state index contributed by atoms with van der Waals surface area (Å²) < 4.78 is 6.88. The van der Waals surface area contributed by atoms with Crippen molar-refractivity contribution in [3.63, 3.8) is 0 Å². The molecule has 2 N–H and O–H groups in total. The van der Waals surface area contributed by atoms with E-state index in [9.17, 15) is 14.4 Å². The number of nitrogens with two attached hydrogens (primary N) is 1. The smallest absolute Gasteiger partial charge is 0.262 e. The van der Waals surface area contributed by atoms with Gasteiger partial charge in [0, 0.05) is 4.88 Å². The molecule has 32 heavy (non-hydrogen) atoms. The highest BCUT2D eigenvalue weighted by atomic mass is 32.1. The molecule has 0 unspecified atom stereocenters. The van der Waals surface area contributed by atoms with Gasteiger partial charge < -0.3 is 15.4 Å². The molecule has 9 heteroatoms. The van der Waals surface area contributed by atoms with Gasteiger partial charge in [0.15, 0.2) is 6.10 Å². The maximum Gasteiger partial charge on any atom is 0.262 e. The van der Waals surface area contributed by atoms with Crippen LogP contribution in [0.4, 0.5) is 5.69 Å². The first-order chi connectivity index (χ1) is 15.5. The van der Waals surface area contributed by atoms with E-state index in [4.69, 9.17) is 10.5 Å². The number of thiophene rings is 1. The molecule has 3 heterocycles. The van der Waals surface area contributed by atoms with Gasteiger partial charge in [-0.3, -0.25) is 19.0 Å². The summed E-state index contributed by atoms with van der Waals surface area (Å²) in [6.45, 7) is -0.246. The number of aromatic nitrogens is 2. The Balaban J connectivity index is 1.47. The monoisotopic (exact) mass is 446 g/mol. The third-order valence-corrected chi connectivity index (χ3v) is 6.37. The Bertz CT molecular complexity index is 1400. The third kappa shape index (κ3) is 3.52. The molecule has 4 aromatic rings. The third-order valence-electron chi connectivity index (χ3n) is 5.27. The number of nitrogens with zero attached hydrogens (tertiary/aromatic N) is 3. The Morgan fingerprint density at radius 3 is 2.66 bits per heavy atom. The van der Waals surface area contributed by atoms with E-state index in [1.807, 2.05) is 30.3 Å². The van der Waals surface area contributed by atoms with Crippen LogP contribution in [-0.4, -0.2) is 34.0 Å². The van der Waals surface area contributed by atoms with Crippen molar-refractivity contribution < 1.29 is 14.3 Å². The minimum absolute atomic E-state index is 0.0216. The zero-order chi connectivity index (χ0) is 22.2. The van der Waals surface area contributed by atoms with Crippen molar-refractivity contribution >= 4 is 39.1 Å². The van der Waals surface area contributed by atoms with E-state index in [1.54, 1.807) is 30.3 Å². The fourth-order valence-corrected chi connectivity index (χ4v) is 4.66. The molecule has 0 fully saturated rings. The number of carbonyl (C=O) groups excluding carboxylic acids is 2. The molecule has 0 spiro atoms. The number of rotatable bonds is 4. The molecule has 0 aliphatic carbocycles. The first kappa shape index (κ1) is 20.0. The van der Waals surface area contributed by atoms with Crippen LogP contribution >= 0.6 is 11.3 Å². The van der Waals surface area contributed by atoms with Gasteiger partial charge in [0.25, 0.3) is 11.5 Å². The molecule has 2 aromatic heterocycles. The van der Waals surface area contributed by atoms with Gasteiger partial charge in [0.2, 0.25) is 5.91 Å². The van der Waals surface area contributed by atoms with Gasteiger partial charge >= 0.3 is 0 Å². The number of anilines is 1. The summed E-state index contributed by atoms with van der Waals surface area (Å²) in [5.74, 6) is -0.639. The Morgan fingerprint density at radius 2 is 1.88 bits per heavy atom. The van der Waals surface area contributed by atoms with Crippen molar-refractivity contribution in [2.75, 3.05) is 11.4 Å². The average Bonchev–Trinajstić information content (AvgIpc) is 3.26. The van der Waals surface area contributed by atoms with Gasteiger partial charge in [-0.2, -0.15) is 0 Å². The molecule has 2 amide bonds. The molecule has 8 nitrogen and oxygen atoms in total. The molecule has 0 radical (unpaired) electrons. The lowest BCUT2D eigenvalue weighted by atomic mass is 10.1. The quantitative estimate of drug-likeness (QED) is 0.518. The predicted molar refractivity (Wildman–Crippen MR) is 122 cm³/mol. The fraction of sp³-hybridized carbons (Fsp3) is 0.130. The Kier molecular flexibility index (Phi) is 4.95. The van der Waals surface area contributed by atoms with E-state index in [0.717, 1.165) is 10.4 Å². The second-order valence-corrected chi connectivity index (χ2v) is 8.38. The van der Waals surface area contributed by atoms with Gasteiger partial charge in [0.1, 0.15) is 17.1 Å². The van der Waals surface area contributed by atoms with E-state index in [2.05, 4.69) is 4.98 Å². The van der Waals surface area contributed by atoms with Gasteiger partial charge in [0.05, 0.1) is 23.9 Å². The summed E-state index contributed by atoms with van der Waals surface area (Å²) in [4.78, 5) is 45.3. The standard InChI is InChI=1S/C23H18N4O4S/c24-21(29)18-11-27(16-8-4-5-9-17(16)31-18)20(28)12-26-13-25-22-15(23(26)30)10-19(32-22)14-6-2-1-3-7-14/h1-10,13,18H,11-12H2,(H2,24,29)/t18-/m0/s1. The van der Waals surface area contributed by atoms with Gasteiger partial charge in [-0.15, -0.1) is 11.3 Å². The van der Waals surface area contributed by atoms with Crippen LogP contribution in [0.3, 0.4) is 0 Å². The number of primary amides is 1. The first-order valence-electron chi connectivity index (χ1n) is 9.91. The highest BCUT2D eigenvalue weighted by Gasteiger charge is 2.32. The van der Waals surface area contributed by atoms with Gasteiger partial charge in [-0.1, -0.05) is 42.5 Å². The fourth-order valence-electron chi connectivity index (χ4n) is 3.67. The maximum atomic E-state index is 13.1. The molecule has 0 saturated carbocycles. The van der Waals surface area contributed by atoms with Crippen LogP contribution in [-0.2, 0) is 16.1 Å². The van der Waals surface area contributed by atoms with Crippen molar-refractivity contribution in [2.45, 2.75) is 12.6 Å². The Morgan fingerprint density at radius 1 is 1.12 bits per heavy atom. The minimum atomic E-state index is -0.962. The van der Waals surface area contributed by atoms with Crippen LogP contribution < -0.4 is 20.9 Å². The van der Waals surface area contributed by atoms with Crippen LogP contribution in [0.5, 0.6) is 5.75 Å². The number of amides is 2. The summed E-state index contributed by atoms with van der Waals surface area (Å²) in [6, 6.07) is 18.4. The summed E-state index contributed by atoms with van der Waals surface area (Å²) in [5.41, 5.74) is 6.64. The molecule has 5 rings (SSSR count). The van der Waals surface area contributed by atoms with Crippen LogP contribution in [0.15, 0.2) is 71.8 Å². The van der Waals surface area contributed by atoms with Crippen molar-refractivity contribution in [1.82, 2.24) is 9.55 Å². The molecule has 0 saturated heterocycles. The predicted octanol–water partition coefficient (Wildman–Crippen LogP) is 2.40. The van der Waals surface area contributed by atoms with Crippen LogP contribution in [0.1, 0.15) is 0 Å². The highest BCUT2D eigenvalue weighted by molar-refractivity contribution is 7.21. The second-order valence-electron chi connectivity index (χ2n) is 7.35. The van der Waals surface area contributed by atoms with Gasteiger partial charge in [-0.25, -0.2) is 4.98 Å². The van der Waals surface area contributed by atoms with Crippen LogP contribution in [0.25, 0.3) is 20.7 Å². The zero-order valence-electron chi connectivity index (χ0n) is 16.8. The topological polar surface area (TPSA) is 108 Å². The summed E-state index contributed by atoms with van der Waals surface area (Å²) in [5, 5.41) is 0.460. The lowest BCUT2D eigenvalue weighted by molar-refractivity contribution is -0.125. The normalized spacial score (nSPS) is 15.2. The molecule has 1 aliphatic rings. The van der Waals surface area contributed by atoms with E-state index in [-0.39, 0.29) is 24.6 Å². The van der Waals surface area contributed by atoms with Crippen LogP contribution in [0, 0.1) is 0 Å². The van der Waals surface area contributed by atoms with Crippen LogP contribution in [0.2, 0.25) is 0 Å². The second kappa shape index (κ2) is 7.93. The maximum absolute atomic E-state index is 13.1. The largest absolute Gasteiger partial charge is 0.477 e. The van der Waals surface area contributed by atoms with E-state index in [1.165, 1.54) is 27.1 Å². The van der Waals surface area contributed by atoms with Crippen molar-refractivity contribution in [3.05, 3.63) is 77.3 Å². The van der Waals surface area contributed by atoms with E-state index in [0.29, 0.717) is 21.7 Å². The average molecular weight is 446 g/mol. The molecular weight excluding hydrogens is 428 g/mol. The summed E-state index contributed by atoms with van der Waals surface area (Å²) in [6.07, 6.45) is 0.419. The van der Waals surface area contributed by atoms with Gasteiger partial charge in [-0.05, 0) is 23.8 Å². The Labute approximate surface area is 186 Å². The minimum Gasteiger partial charge on any atom is -0.477 e. The highest BCUT2D eigenvalue weighted by Crippen LogP contribution is 2.33. The SMILES string of the molecule is NC(=O)[C@@H]1CN(C(=O)Cn2cnc3sc(-c4ccccc4)cc3c2=O)c2ccccc2O1. The number of benzene rings is 2. The lowest BCUT2D eigenvalue weighted by Crippen LogP contribution is -2.50. The Hall–Kier alpha value is -3.98. The molecular formula is C23H18N4O4S. The number of ether oxygens (including phenoxy) is 1. The number of hydrogen-bond donors (Lipinski definition) is 1. The first-order valence-corrected chi connectivity index (χ1v) is 10.7. The van der Waals surface area contributed by atoms with Crippen molar-refractivity contribution in [2.24, 2.45) is 5.73 Å². The van der Waals surface area contributed by atoms with Crippen molar-refractivity contribution in [3.8, 4) is 16.2 Å². The summed E-state index contributed by atoms with van der Waals surface area (Å²) >= 11 is 1.43. The number of carbonyl (C=O) groups is 2. The van der Waals surface area contributed by atoms with E-state index >= 15 is 0 Å².